The Morgan fingerprint density at radius 3 is 2.52 bits per heavy atom. The number of amides is 2. The van der Waals surface area contributed by atoms with Gasteiger partial charge in [-0.05, 0) is 86.7 Å². The number of imide groups is 1. The maximum absolute atomic E-state index is 12.6. The van der Waals surface area contributed by atoms with Gasteiger partial charge in [-0.1, -0.05) is 19.9 Å². The molecular formula is C23H32N2O4. The summed E-state index contributed by atoms with van der Waals surface area (Å²) in [5, 5.41) is 4.17. The van der Waals surface area contributed by atoms with Crippen LogP contribution in [-0.4, -0.2) is 35.9 Å². The number of nitrogens with one attached hydrogen (secondary N) is 1. The molecule has 1 N–H and O–H groups in total. The molecule has 0 radical (unpaired) electrons. The molecule has 6 heteroatoms. The van der Waals surface area contributed by atoms with Crippen LogP contribution in [0.25, 0.3) is 0 Å². The van der Waals surface area contributed by atoms with Gasteiger partial charge in [0, 0.05) is 12.8 Å². The van der Waals surface area contributed by atoms with E-state index < -0.39 is 17.8 Å². The zero-order valence-electron chi connectivity index (χ0n) is 17.7. The Kier molecular flexibility index (Phi) is 7.06. The van der Waals surface area contributed by atoms with Gasteiger partial charge in [0.15, 0.2) is 0 Å². The lowest BCUT2D eigenvalue weighted by Crippen LogP contribution is -2.32. The summed E-state index contributed by atoms with van der Waals surface area (Å²) in [4.78, 5) is 41.1. The van der Waals surface area contributed by atoms with Crippen molar-refractivity contribution in [3.8, 4) is 0 Å². The molecule has 1 atom stereocenters. The number of aryl methyl sites for hydroxylation is 1. The average molecular weight is 401 g/mol. The van der Waals surface area contributed by atoms with Crippen LogP contribution < -0.4 is 5.32 Å². The molecule has 1 aliphatic heterocycles. The van der Waals surface area contributed by atoms with E-state index in [1.54, 1.807) is 6.07 Å². The number of hydrogen-bond donors (Lipinski definition) is 1. The largest absolute Gasteiger partial charge is 0.363 e. The van der Waals surface area contributed by atoms with Crippen LogP contribution in [0.2, 0.25) is 0 Å². The molecule has 1 heterocycles. The molecule has 2 aliphatic rings. The van der Waals surface area contributed by atoms with Gasteiger partial charge < -0.3 is 10.2 Å². The summed E-state index contributed by atoms with van der Waals surface area (Å²) < 4.78 is 0. The molecule has 1 aromatic carbocycles. The lowest BCUT2D eigenvalue weighted by atomic mass is 9.84. The molecule has 0 aromatic heterocycles. The Bertz CT molecular complexity index is 754. The second-order valence-electron chi connectivity index (χ2n) is 8.79. The van der Waals surface area contributed by atoms with Crippen LogP contribution in [0, 0.1) is 18.8 Å². The predicted octanol–water partition coefficient (Wildman–Crippen LogP) is 3.74. The van der Waals surface area contributed by atoms with Gasteiger partial charge in [0.25, 0.3) is 11.8 Å². The van der Waals surface area contributed by atoms with E-state index >= 15 is 0 Å². The van der Waals surface area contributed by atoms with Crippen molar-refractivity contribution in [2.24, 2.45) is 11.8 Å². The minimum atomic E-state index is -0.662. The van der Waals surface area contributed by atoms with Crippen molar-refractivity contribution in [2.45, 2.75) is 65.2 Å². The lowest BCUT2D eigenvalue weighted by Gasteiger charge is -2.22. The molecular weight excluding hydrogens is 368 g/mol. The van der Waals surface area contributed by atoms with E-state index in [1.807, 2.05) is 12.1 Å². The third kappa shape index (κ3) is 5.89. The number of hydrogen-bond acceptors (Lipinski definition) is 5. The van der Waals surface area contributed by atoms with E-state index in [1.165, 1.54) is 12.8 Å². The first kappa shape index (κ1) is 21.5. The van der Waals surface area contributed by atoms with Gasteiger partial charge in [-0.3, -0.25) is 9.59 Å². The number of carbonyl (C=O) groups is 3. The molecule has 29 heavy (non-hydrogen) atoms. The fraction of sp³-hybridized carbons (Fsp3) is 0.609. The van der Waals surface area contributed by atoms with E-state index in [0.717, 1.165) is 43.0 Å². The zero-order chi connectivity index (χ0) is 21.0. The number of rotatable bonds is 10. The normalized spacial score (nSPS) is 17.9. The van der Waals surface area contributed by atoms with E-state index in [2.05, 4.69) is 26.1 Å². The summed E-state index contributed by atoms with van der Waals surface area (Å²) in [6.45, 7) is 8.53. The van der Waals surface area contributed by atoms with Crippen LogP contribution >= 0.6 is 0 Å². The summed E-state index contributed by atoms with van der Waals surface area (Å²) in [5.74, 6) is 0.146. The summed E-state index contributed by atoms with van der Waals surface area (Å²) in [7, 11) is 0. The maximum Gasteiger partial charge on any atom is 0.363 e. The summed E-state index contributed by atoms with van der Waals surface area (Å²) in [5.41, 5.74) is 2.65. The number of benzene rings is 1. The second kappa shape index (κ2) is 9.53. The van der Waals surface area contributed by atoms with Crippen LogP contribution in [0.1, 0.15) is 79.8 Å². The Labute approximate surface area is 172 Å². The molecule has 0 spiro atoms. The first-order chi connectivity index (χ1) is 13.8. The predicted molar refractivity (Wildman–Crippen MR) is 110 cm³/mol. The fourth-order valence-electron chi connectivity index (χ4n) is 3.87. The molecule has 6 nitrogen and oxygen atoms in total. The lowest BCUT2D eigenvalue weighted by molar-refractivity contribution is -0.172. The molecule has 3 rings (SSSR count). The Morgan fingerprint density at radius 1 is 1.21 bits per heavy atom. The molecule has 1 saturated heterocycles. The van der Waals surface area contributed by atoms with Crippen molar-refractivity contribution < 1.29 is 19.2 Å². The smallest absolute Gasteiger partial charge is 0.325 e. The van der Waals surface area contributed by atoms with Crippen molar-refractivity contribution in [3.63, 3.8) is 0 Å². The standard InChI is InChI=1S/C23H32N2O4/c1-15(2)12-18(10-11-24-14-17-5-6-17)20-13-19(7-4-16(20)3)23(28)29-25-21(26)8-9-22(25)27/h4,7,13,15,17-18,24H,5-6,8-12,14H2,1-3H3. The van der Waals surface area contributed by atoms with Gasteiger partial charge in [0.1, 0.15) is 0 Å². The van der Waals surface area contributed by atoms with Crippen LogP contribution in [0.5, 0.6) is 0 Å². The molecule has 1 aliphatic carbocycles. The molecule has 1 unspecified atom stereocenters. The highest BCUT2D eigenvalue weighted by Gasteiger charge is 2.33. The first-order valence-electron chi connectivity index (χ1n) is 10.7. The molecule has 0 bridgehead atoms. The van der Waals surface area contributed by atoms with Crippen molar-refractivity contribution in [2.75, 3.05) is 13.1 Å². The third-order valence-electron chi connectivity index (χ3n) is 5.69. The Hall–Kier alpha value is -2.21. The van der Waals surface area contributed by atoms with Crippen molar-refractivity contribution >= 4 is 17.8 Å². The van der Waals surface area contributed by atoms with Crippen molar-refractivity contribution in [1.29, 1.82) is 0 Å². The van der Waals surface area contributed by atoms with Crippen LogP contribution in [0.4, 0.5) is 0 Å². The highest BCUT2D eigenvalue weighted by Crippen LogP contribution is 2.31. The topological polar surface area (TPSA) is 75.7 Å². The molecule has 2 amide bonds. The van der Waals surface area contributed by atoms with E-state index in [0.29, 0.717) is 22.5 Å². The van der Waals surface area contributed by atoms with E-state index in [9.17, 15) is 14.4 Å². The fourth-order valence-corrected chi connectivity index (χ4v) is 3.87. The SMILES string of the molecule is Cc1ccc(C(=O)ON2C(=O)CCC2=O)cc1C(CCNCC1CC1)CC(C)C. The van der Waals surface area contributed by atoms with Gasteiger partial charge in [0.05, 0.1) is 5.56 Å². The monoisotopic (exact) mass is 400 g/mol. The van der Waals surface area contributed by atoms with Crippen molar-refractivity contribution in [3.05, 3.63) is 34.9 Å². The molecule has 158 valence electrons. The summed E-state index contributed by atoms with van der Waals surface area (Å²) >= 11 is 0. The van der Waals surface area contributed by atoms with Gasteiger partial charge >= 0.3 is 5.97 Å². The zero-order valence-corrected chi connectivity index (χ0v) is 17.7. The van der Waals surface area contributed by atoms with Crippen LogP contribution in [-0.2, 0) is 14.4 Å². The molecule has 1 aromatic rings. The van der Waals surface area contributed by atoms with Gasteiger partial charge in [-0.2, -0.15) is 0 Å². The third-order valence-corrected chi connectivity index (χ3v) is 5.69. The van der Waals surface area contributed by atoms with Crippen LogP contribution in [0.15, 0.2) is 18.2 Å². The average Bonchev–Trinajstić information content (AvgIpc) is 3.45. The van der Waals surface area contributed by atoms with Crippen molar-refractivity contribution in [1.82, 2.24) is 10.4 Å². The summed E-state index contributed by atoms with van der Waals surface area (Å²) in [6.07, 6.45) is 4.91. The van der Waals surface area contributed by atoms with E-state index in [4.69, 9.17) is 4.84 Å². The van der Waals surface area contributed by atoms with Gasteiger partial charge in [-0.25, -0.2) is 4.79 Å². The highest BCUT2D eigenvalue weighted by atomic mass is 16.7. The Morgan fingerprint density at radius 2 is 1.90 bits per heavy atom. The van der Waals surface area contributed by atoms with Gasteiger partial charge in [-0.15, -0.1) is 5.06 Å². The summed E-state index contributed by atoms with van der Waals surface area (Å²) in [6, 6.07) is 5.49. The molecule has 1 saturated carbocycles. The second-order valence-corrected chi connectivity index (χ2v) is 8.79. The van der Waals surface area contributed by atoms with E-state index in [-0.39, 0.29) is 12.8 Å². The number of hydroxylamine groups is 2. The van der Waals surface area contributed by atoms with Gasteiger partial charge in [0.2, 0.25) is 0 Å². The quantitative estimate of drug-likeness (QED) is 0.478. The Balaban J connectivity index is 1.70. The first-order valence-corrected chi connectivity index (χ1v) is 10.7. The minimum absolute atomic E-state index is 0.0928. The molecule has 2 fully saturated rings. The minimum Gasteiger partial charge on any atom is -0.325 e. The number of nitrogens with zero attached hydrogens (tertiary/aromatic N) is 1. The van der Waals surface area contributed by atoms with Crippen LogP contribution in [0.3, 0.4) is 0 Å². The maximum atomic E-state index is 12.6. The highest BCUT2D eigenvalue weighted by molar-refractivity contribution is 6.02. The number of carbonyl (C=O) groups excluding carboxylic acids is 3.